The smallest absolute Gasteiger partial charge is 0.220 e. The van der Waals surface area contributed by atoms with Gasteiger partial charge in [0, 0.05) is 39.9 Å². The van der Waals surface area contributed by atoms with Gasteiger partial charge >= 0.3 is 0 Å². The van der Waals surface area contributed by atoms with E-state index >= 15 is 0 Å². The van der Waals surface area contributed by atoms with Gasteiger partial charge in [-0.2, -0.15) is 0 Å². The maximum Gasteiger partial charge on any atom is 0.220 e. The number of nitrogens with zero attached hydrogens (tertiary/aromatic N) is 2. The second kappa shape index (κ2) is 9.43. The van der Waals surface area contributed by atoms with Crippen LogP contribution >= 0.6 is 11.3 Å². The van der Waals surface area contributed by atoms with Gasteiger partial charge in [-0.25, -0.2) is 4.98 Å². The first-order chi connectivity index (χ1) is 16.5. The van der Waals surface area contributed by atoms with Gasteiger partial charge in [0.15, 0.2) is 0 Å². The van der Waals surface area contributed by atoms with Crippen molar-refractivity contribution in [3.8, 4) is 21.7 Å². The van der Waals surface area contributed by atoms with E-state index in [-0.39, 0.29) is 5.91 Å². The van der Waals surface area contributed by atoms with Crippen LogP contribution in [0.5, 0.6) is 0 Å². The summed E-state index contributed by atoms with van der Waals surface area (Å²) >= 11 is 1.80. The van der Waals surface area contributed by atoms with Crippen molar-refractivity contribution in [3.63, 3.8) is 0 Å². The number of thiophene rings is 1. The molecule has 0 atom stereocenters. The van der Waals surface area contributed by atoms with E-state index in [4.69, 9.17) is 4.98 Å². The Morgan fingerprint density at radius 1 is 1.03 bits per heavy atom. The number of carbonyl (C=O) groups is 1. The number of fused-ring (bicyclic) bond motifs is 2. The highest BCUT2D eigenvalue weighted by molar-refractivity contribution is 7.22. The van der Waals surface area contributed by atoms with Crippen LogP contribution in [0.4, 0.5) is 0 Å². The summed E-state index contributed by atoms with van der Waals surface area (Å²) in [5.41, 5.74) is 6.38. The van der Waals surface area contributed by atoms with Crippen LogP contribution in [0.2, 0.25) is 0 Å². The third kappa shape index (κ3) is 4.62. The molecule has 0 aliphatic rings. The molecule has 0 saturated carbocycles. The molecule has 0 radical (unpaired) electrons. The van der Waals surface area contributed by atoms with Gasteiger partial charge < -0.3 is 9.72 Å². The summed E-state index contributed by atoms with van der Waals surface area (Å²) in [5, 5.41) is 4.30. The number of imidazole rings is 1. The van der Waals surface area contributed by atoms with Crippen molar-refractivity contribution in [2.45, 2.75) is 33.6 Å². The molecular formula is C29H29N3OS. The number of aryl methyl sites for hydroxylation is 2. The predicted octanol–water partition coefficient (Wildman–Crippen LogP) is 6.90. The molecule has 5 aromatic rings. The average Bonchev–Trinajstić information content (AvgIpc) is 3.43. The fraction of sp³-hybridized carbons (Fsp3) is 0.241. The number of nitrogens with one attached hydrogen (secondary N) is 1. The van der Waals surface area contributed by atoms with Gasteiger partial charge in [0.05, 0.1) is 11.4 Å². The van der Waals surface area contributed by atoms with E-state index < -0.39 is 0 Å². The van der Waals surface area contributed by atoms with Crippen LogP contribution in [0.15, 0.2) is 72.9 Å². The number of hydrogen-bond acceptors (Lipinski definition) is 3. The largest absolute Gasteiger partial charge is 0.356 e. The lowest BCUT2D eigenvalue weighted by Gasteiger charge is -2.09. The molecule has 0 bridgehead atoms. The van der Waals surface area contributed by atoms with Crippen LogP contribution < -0.4 is 5.32 Å². The number of hydrogen-bond donors (Lipinski definition) is 1. The van der Waals surface area contributed by atoms with Crippen molar-refractivity contribution >= 4 is 33.0 Å². The van der Waals surface area contributed by atoms with Crippen LogP contribution in [0.25, 0.3) is 37.4 Å². The lowest BCUT2D eigenvalue weighted by atomic mass is 10.1. The normalized spacial score (nSPS) is 11.5. The SMILES string of the molecule is Cc1ccc(-c2nc3ccc(-c4cc5ccccc5s4)cn3c2CCC(=O)NCC(C)C)cc1. The molecule has 2 aromatic carbocycles. The van der Waals surface area contributed by atoms with Crippen molar-refractivity contribution < 1.29 is 4.79 Å². The molecule has 4 nitrogen and oxygen atoms in total. The number of carbonyl (C=O) groups excluding carboxylic acids is 1. The first kappa shape index (κ1) is 22.4. The van der Waals surface area contributed by atoms with E-state index in [2.05, 4.69) is 103 Å². The van der Waals surface area contributed by atoms with Gasteiger partial charge in [-0.1, -0.05) is 61.9 Å². The van der Waals surface area contributed by atoms with Crippen LogP contribution in [0.3, 0.4) is 0 Å². The molecule has 1 N–H and O–H groups in total. The Bertz CT molecular complexity index is 1430. The van der Waals surface area contributed by atoms with E-state index in [0.717, 1.165) is 28.2 Å². The number of aromatic nitrogens is 2. The summed E-state index contributed by atoms with van der Waals surface area (Å²) in [4.78, 5) is 18.7. The summed E-state index contributed by atoms with van der Waals surface area (Å²) < 4.78 is 3.45. The highest BCUT2D eigenvalue weighted by Gasteiger charge is 2.17. The Morgan fingerprint density at radius 3 is 2.56 bits per heavy atom. The topological polar surface area (TPSA) is 46.4 Å². The first-order valence-electron chi connectivity index (χ1n) is 11.8. The number of rotatable bonds is 7. The molecule has 172 valence electrons. The van der Waals surface area contributed by atoms with Crippen molar-refractivity contribution in [1.82, 2.24) is 14.7 Å². The first-order valence-corrected chi connectivity index (χ1v) is 12.6. The zero-order chi connectivity index (χ0) is 23.7. The third-order valence-electron chi connectivity index (χ3n) is 6.05. The van der Waals surface area contributed by atoms with Gasteiger partial charge in [0.1, 0.15) is 5.65 Å². The highest BCUT2D eigenvalue weighted by Crippen LogP contribution is 2.34. The lowest BCUT2D eigenvalue weighted by Crippen LogP contribution is -2.27. The Hall–Kier alpha value is -3.44. The Labute approximate surface area is 204 Å². The van der Waals surface area contributed by atoms with Crippen LogP contribution in [0.1, 0.15) is 31.5 Å². The molecule has 3 heterocycles. The second-order valence-corrected chi connectivity index (χ2v) is 10.3. The maximum absolute atomic E-state index is 12.5. The summed E-state index contributed by atoms with van der Waals surface area (Å²) in [7, 11) is 0. The summed E-state index contributed by atoms with van der Waals surface area (Å²) in [5.74, 6) is 0.519. The van der Waals surface area contributed by atoms with Gasteiger partial charge in [-0.05, 0) is 48.9 Å². The fourth-order valence-electron chi connectivity index (χ4n) is 4.18. The molecule has 0 aliphatic heterocycles. The zero-order valence-electron chi connectivity index (χ0n) is 19.8. The number of pyridine rings is 1. The molecule has 0 unspecified atom stereocenters. The van der Waals surface area contributed by atoms with Crippen molar-refractivity contribution in [2.75, 3.05) is 6.54 Å². The van der Waals surface area contributed by atoms with Gasteiger partial charge in [-0.15, -0.1) is 11.3 Å². The van der Waals surface area contributed by atoms with Crippen LogP contribution in [-0.4, -0.2) is 21.8 Å². The minimum absolute atomic E-state index is 0.0826. The monoisotopic (exact) mass is 467 g/mol. The minimum Gasteiger partial charge on any atom is -0.356 e. The van der Waals surface area contributed by atoms with E-state index in [0.29, 0.717) is 25.3 Å². The highest BCUT2D eigenvalue weighted by atomic mass is 32.1. The maximum atomic E-state index is 12.5. The third-order valence-corrected chi connectivity index (χ3v) is 7.21. The molecule has 0 spiro atoms. The standard InChI is InChI=1S/C29H29N3OS/c1-19(2)17-30-28(33)15-13-24-29(21-10-8-20(3)9-11-21)31-27-14-12-23(18-32(24)27)26-16-22-6-4-5-7-25(22)34-26/h4-12,14,16,18-19H,13,15,17H2,1-3H3,(H,30,33). The molecule has 0 fully saturated rings. The second-order valence-electron chi connectivity index (χ2n) is 9.27. The molecule has 5 rings (SSSR count). The fourth-order valence-corrected chi connectivity index (χ4v) is 5.24. The Kier molecular flexibility index (Phi) is 6.20. The number of benzene rings is 2. The molecule has 5 heteroatoms. The number of amides is 1. The van der Waals surface area contributed by atoms with Crippen molar-refractivity contribution in [2.24, 2.45) is 5.92 Å². The van der Waals surface area contributed by atoms with Crippen molar-refractivity contribution in [3.05, 3.63) is 84.2 Å². The quantitative estimate of drug-likeness (QED) is 0.283. The van der Waals surface area contributed by atoms with Gasteiger partial charge in [0.25, 0.3) is 0 Å². The van der Waals surface area contributed by atoms with Gasteiger partial charge in [0.2, 0.25) is 5.91 Å². The summed E-state index contributed by atoms with van der Waals surface area (Å²) in [6.45, 7) is 7.00. The molecular weight excluding hydrogens is 438 g/mol. The predicted molar refractivity (Wildman–Crippen MR) is 142 cm³/mol. The lowest BCUT2D eigenvalue weighted by molar-refractivity contribution is -0.121. The Morgan fingerprint density at radius 2 is 1.79 bits per heavy atom. The minimum atomic E-state index is 0.0826. The van der Waals surface area contributed by atoms with E-state index in [1.165, 1.54) is 20.5 Å². The molecule has 34 heavy (non-hydrogen) atoms. The average molecular weight is 468 g/mol. The Balaban J connectivity index is 1.55. The molecule has 3 aromatic heterocycles. The van der Waals surface area contributed by atoms with E-state index in [1.54, 1.807) is 11.3 Å². The van der Waals surface area contributed by atoms with Gasteiger partial charge in [-0.3, -0.25) is 4.79 Å². The molecule has 0 aliphatic carbocycles. The van der Waals surface area contributed by atoms with Crippen molar-refractivity contribution in [1.29, 1.82) is 0 Å². The van der Waals surface area contributed by atoms with E-state index in [9.17, 15) is 4.79 Å². The molecule has 1 amide bonds. The summed E-state index contributed by atoms with van der Waals surface area (Å²) in [6, 6.07) is 23.4. The van der Waals surface area contributed by atoms with Crippen LogP contribution in [0, 0.1) is 12.8 Å². The zero-order valence-corrected chi connectivity index (χ0v) is 20.7. The molecule has 0 saturated heterocycles. The van der Waals surface area contributed by atoms with E-state index in [1.807, 2.05) is 0 Å². The van der Waals surface area contributed by atoms with Crippen LogP contribution in [-0.2, 0) is 11.2 Å². The summed E-state index contributed by atoms with van der Waals surface area (Å²) in [6.07, 6.45) is 3.24.